The summed E-state index contributed by atoms with van der Waals surface area (Å²) in [7, 11) is 1.57. The Hall–Kier alpha value is -4.70. The van der Waals surface area contributed by atoms with E-state index in [9.17, 15) is 14.4 Å². The molecule has 5 rings (SSSR count). The highest BCUT2D eigenvalue weighted by molar-refractivity contribution is 7.09. The van der Waals surface area contributed by atoms with Gasteiger partial charge in [-0.15, -0.1) is 0 Å². The van der Waals surface area contributed by atoms with Crippen LogP contribution < -0.4 is 26.0 Å². The zero-order valence-corrected chi connectivity index (χ0v) is 27.4. The number of nitrogen functional groups attached to an aromatic ring is 1. The summed E-state index contributed by atoms with van der Waals surface area (Å²) in [5.74, 6) is -0.631. The Morgan fingerprint density at radius 1 is 0.978 bits per heavy atom. The molecule has 0 radical (unpaired) electrons. The number of methoxy groups -OCH3 is 1. The number of benzene rings is 3. The average Bonchev–Trinajstić information content (AvgIpc) is 3.47. The highest BCUT2D eigenvalue weighted by Gasteiger charge is 2.37. The van der Waals surface area contributed by atoms with Crippen molar-refractivity contribution < 1.29 is 19.1 Å². The number of carbonyl (C=O) groups is 3. The third-order valence-corrected chi connectivity index (χ3v) is 9.48. The zero-order chi connectivity index (χ0) is 32.6. The predicted octanol–water partition coefficient (Wildman–Crippen LogP) is 6.16. The van der Waals surface area contributed by atoms with Gasteiger partial charge in [-0.3, -0.25) is 19.3 Å². The van der Waals surface area contributed by atoms with Crippen molar-refractivity contribution in [3.63, 3.8) is 0 Å². The van der Waals surface area contributed by atoms with Crippen molar-refractivity contribution in [1.82, 2.24) is 15.0 Å². The number of aryl methyl sites for hydroxylation is 1. The Balaban J connectivity index is 1.53. The Morgan fingerprint density at radius 2 is 1.70 bits per heavy atom. The van der Waals surface area contributed by atoms with Gasteiger partial charge in [0.25, 0.3) is 11.8 Å². The standard InChI is InChI=1S/C36H41N5O4S/c1-23-11-10-16-29(24(23)2)41(36(44)33-30(37)31(40-46-33)34(42)39-27-14-8-5-9-15-27)32(26-17-19-28(45-3)20-18-26)35(43)38-22-21-25-12-6-4-7-13-25/h4,6-7,10-13,16-20,27,32H,5,8-9,14-15,21-22,37H2,1-3H3,(H,38,43)(H,39,42)/t32-/m1/s1. The highest BCUT2D eigenvalue weighted by Crippen LogP contribution is 2.36. The van der Waals surface area contributed by atoms with Gasteiger partial charge in [-0.2, -0.15) is 4.37 Å². The number of amides is 3. The first-order valence-electron chi connectivity index (χ1n) is 15.7. The summed E-state index contributed by atoms with van der Waals surface area (Å²) in [5.41, 5.74) is 10.6. The summed E-state index contributed by atoms with van der Waals surface area (Å²) in [4.78, 5) is 43.7. The molecule has 1 atom stereocenters. The second-order valence-corrected chi connectivity index (χ2v) is 12.5. The smallest absolute Gasteiger partial charge is 0.273 e. The van der Waals surface area contributed by atoms with Crippen molar-refractivity contribution in [2.24, 2.45) is 0 Å². The molecule has 3 aromatic carbocycles. The molecule has 46 heavy (non-hydrogen) atoms. The van der Waals surface area contributed by atoms with Gasteiger partial charge in [-0.05, 0) is 85.1 Å². The van der Waals surface area contributed by atoms with E-state index in [1.165, 1.54) is 4.90 Å². The van der Waals surface area contributed by atoms with Gasteiger partial charge in [0, 0.05) is 18.3 Å². The van der Waals surface area contributed by atoms with Gasteiger partial charge in [0.1, 0.15) is 16.7 Å². The number of ether oxygens (including phenoxy) is 1. The minimum absolute atomic E-state index is 0.0107. The summed E-state index contributed by atoms with van der Waals surface area (Å²) < 4.78 is 9.71. The van der Waals surface area contributed by atoms with Crippen molar-refractivity contribution >= 4 is 40.6 Å². The number of nitrogens with two attached hydrogens (primary N) is 1. The van der Waals surface area contributed by atoms with Crippen LogP contribution in [0.25, 0.3) is 0 Å². The molecule has 1 aromatic heterocycles. The summed E-state index contributed by atoms with van der Waals surface area (Å²) in [6, 6.07) is 21.6. The molecule has 3 amide bonds. The van der Waals surface area contributed by atoms with E-state index in [-0.39, 0.29) is 34.1 Å². The van der Waals surface area contributed by atoms with Gasteiger partial charge >= 0.3 is 0 Å². The summed E-state index contributed by atoms with van der Waals surface area (Å²) in [6.07, 6.45) is 5.72. The van der Waals surface area contributed by atoms with Crippen LogP contribution in [0.1, 0.15) is 80.6 Å². The second-order valence-electron chi connectivity index (χ2n) is 11.7. The molecule has 0 saturated heterocycles. The maximum atomic E-state index is 14.7. The molecule has 1 heterocycles. The van der Waals surface area contributed by atoms with Crippen molar-refractivity contribution in [3.8, 4) is 5.75 Å². The first-order valence-corrected chi connectivity index (χ1v) is 16.5. The van der Waals surface area contributed by atoms with Gasteiger partial charge in [-0.1, -0.05) is 73.9 Å². The van der Waals surface area contributed by atoms with Crippen LogP contribution in [0.3, 0.4) is 0 Å². The van der Waals surface area contributed by atoms with E-state index in [0.717, 1.165) is 60.3 Å². The molecule has 4 N–H and O–H groups in total. The molecule has 0 unspecified atom stereocenters. The van der Waals surface area contributed by atoms with Gasteiger partial charge in [0.2, 0.25) is 5.91 Å². The third kappa shape index (κ3) is 7.39. The zero-order valence-electron chi connectivity index (χ0n) is 26.5. The quantitative estimate of drug-likeness (QED) is 0.180. The van der Waals surface area contributed by atoms with Crippen LogP contribution in [-0.2, 0) is 11.2 Å². The molecule has 240 valence electrons. The molecule has 10 heteroatoms. The lowest BCUT2D eigenvalue weighted by molar-refractivity contribution is -0.122. The number of anilines is 2. The lowest BCUT2D eigenvalue weighted by Crippen LogP contribution is -2.45. The van der Waals surface area contributed by atoms with E-state index >= 15 is 0 Å². The van der Waals surface area contributed by atoms with Crippen LogP contribution in [0.15, 0.2) is 72.8 Å². The van der Waals surface area contributed by atoms with E-state index in [1.54, 1.807) is 31.4 Å². The van der Waals surface area contributed by atoms with Crippen molar-refractivity contribution in [1.29, 1.82) is 0 Å². The fourth-order valence-corrected chi connectivity index (χ4v) is 6.60. The lowest BCUT2D eigenvalue weighted by atomic mass is 9.95. The lowest BCUT2D eigenvalue weighted by Gasteiger charge is -2.33. The average molecular weight is 640 g/mol. The van der Waals surface area contributed by atoms with Crippen LogP contribution >= 0.6 is 11.5 Å². The Labute approximate surface area is 274 Å². The van der Waals surface area contributed by atoms with Gasteiger partial charge in [0.15, 0.2) is 5.69 Å². The first-order chi connectivity index (χ1) is 22.3. The van der Waals surface area contributed by atoms with E-state index in [1.807, 2.05) is 62.4 Å². The van der Waals surface area contributed by atoms with Crippen molar-refractivity contribution in [2.45, 2.75) is 64.5 Å². The van der Waals surface area contributed by atoms with Gasteiger partial charge in [0.05, 0.1) is 12.8 Å². The number of nitrogens with zero attached hydrogens (tertiary/aromatic N) is 2. The van der Waals surface area contributed by atoms with E-state index in [4.69, 9.17) is 10.5 Å². The van der Waals surface area contributed by atoms with Crippen LogP contribution in [0.5, 0.6) is 5.75 Å². The molecular weight excluding hydrogens is 598 g/mol. The molecule has 9 nitrogen and oxygen atoms in total. The van der Waals surface area contributed by atoms with E-state index < -0.39 is 11.9 Å². The largest absolute Gasteiger partial charge is 0.497 e. The van der Waals surface area contributed by atoms with E-state index in [0.29, 0.717) is 30.0 Å². The molecule has 1 aliphatic carbocycles. The maximum Gasteiger partial charge on any atom is 0.273 e. The second kappa shape index (κ2) is 15.1. The third-order valence-electron chi connectivity index (χ3n) is 8.63. The molecule has 4 aromatic rings. The molecule has 1 saturated carbocycles. The Morgan fingerprint density at radius 3 is 2.39 bits per heavy atom. The topological polar surface area (TPSA) is 127 Å². The Bertz CT molecular complexity index is 1670. The van der Waals surface area contributed by atoms with Crippen LogP contribution in [0.4, 0.5) is 11.4 Å². The summed E-state index contributed by atoms with van der Waals surface area (Å²) in [6.45, 7) is 4.25. The van der Waals surface area contributed by atoms with Crippen molar-refractivity contribution in [2.75, 3.05) is 24.3 Å². The SMILES string of the molecule is COc1ccc([C@H](C(=O)NCCc2ccccc2)N(C(=O)c2snc(C(=O)NC3CCCCC3)c2N)c2cccc(C)c2C)cc1. The van der Waals surface area contributed by atoms with E-state index in [2.05, 4.69) is 15.0 Å². The first kappa shape index (κ1) is 32.7. The van der Waals surface area contributed by atoms with Crippen LogP contribution in [0.2, 0.25) is 0 Å². The number of aromatic nitrogens is 1. The molecule has 0 bridgehead atoms. The molecule has 1 aliphatic rings. The minimum atomic E-state index is -1.06. The summed E-state index contributed by atoms with van der Waals surface area (Å²) in [5, 5.41) is 6.11. The Kier molecular flexibility index (Phi) is 10.7. The normalized spacial score (nSPS) is 13.9. The number of hydrogen-bond acceptors (Lipinski definition) is 7. The maximum absolute atomic E-state index is 14.7. The number of hydrogen-bond donors (Lipinski definition) is 3. The van der Waals surface area contributed by atoms with Gasteiger partial charge < -0.3 is 21.1 Å². The summed E-state index contributed by atoms with van der Waals surface area (Å²) >= 11 is 0.874. The number of carbonyl (C=O) groups excluding carboxylic acids is 3. The molecule has 1 fully saturated rings. The monoisotopic (exact) mass is 639 g/mol. The minimum Gasteiger partial charge on any atom is -0.497 e. The predicted molar refractivity (Wildman–Crippen MR) is 182 cm³/mol. The van der Waals surface area contributed by atoms with Crippen LogP contribution in [0, 0.1) is 13.8 Å². The fraction of sp³-hybridized carbons (Fsp3) is 0.333. The van der Waals surface area contributed by atoms with Gasteiger partial charge in [-0.25, -0.2) is 0 Å². The fourth-order valence-electron chi connectivity index (χ4n) is 5.86. The highest BCUT2D eigenvalue weighted by atomic mass is 32.1. The molecule has 0 aliphatic heterocycles. The molecule has 0 spiro atoms. The van der Waals surface area contributed by atoms with Crippen molar-refractivity contribution in [3.05, 3.63) is 106 Å². The number of rotatable bonds is 11. The number of nitrogens with one attached hydrogen (secondary N) is 2. The molecular formula is C36H41N5O4S. The van der Waals surface area contributed by atoms with Crippen LogP contribution in [-0.4, -0.2) is 41.8 Å².